The number of carboxylic acid groups (broad SMARTS) is 1. The number of amides is 2. The molecular formula is C6H13N3O4. The number of hydrogen-bond donors (Lipinski definition) is 5. The number of urea groups is 1. The van der Waals surface area contributed by atoms with Gasteiger partial charge in [-0.3, -0.25) is 0 Å². The fourth-order valence-electron chi connectivity index (χ4n) is 0.580. The summed E-state index contributed by atoms with van der Waals surface area (Å²) >= 11 is 0. The Kier molecular flexibility index (Phi) is 5.57. The molecule has 13 heavy (non-hydrogen) atoms. The molecule has 0 spiro atoms. The van der Waals surface area contributed by atoms with Gasteiger partial charge < -0.3 is 26.6 Å². The van der Waals surface area contributed by atoms with Crippen molar-refractivity contribution in [3.8, 4) is 0 Å². The first-order valence-corrected chi connectivity index (χ1v) is 3.70. The van der Waals surface area contributed by atoms with Gasteiger partial charge in [0.25, 0.3) is 0 Å². The fourth-order valence-corrected chi connectivity index (χ4v) is 0.580. The summed E-state index contributed by atoms with van der Waals surface area (Å²) in [6.07, 6.45) is 0. The predicted molar refractivity (Wildman–Crippen MR) is 44.1 cm³/mol. The lowest BCUT2D eigenvalue weighted by atomic mass is 10.3. The highest BCUT2D eigenvalue weighted by atomic mass is 16.4. The van der Waals surface area contributed by atoms with Crippen LogP contribution in [0.4, 0.5) is 4.79 Å². The van der Waals surface area contributed by atoms with E-state index in [1.165, 1.54) is 0 Å². The van der Waals surface area contributed by atoms with Crippen molar-refractivity contribution in [2.24, 2.45) is 5.73 Å². The molecule has 0 rings (SSSR count). The molecule has 0 aromatic carbocycles. The van der Waals surface area contributed by atoms with E-state index in [1.807, 2.05) is 5.32 Å². The standard InChI is InChI=1S/C6H13N3O4/c7-1-2-8-6(13)9-4(3-10)5(11)12/h4,10H,1-3,7H2,(H,11,12)(H2,8,9,13). The SMILES string of the molecule is NCCNC(=O)NC(CO)C(=O)O. The third-order valence-corrected chi connectivity index (χ3v) is 1.22. The van der Waals surface area contributed by atoms with Crippen molar-refractivity contribution in [2.75, 3.05) is 19.7 Å². The number of carbonyl (C=O) groups is 2. The summed E-state index contributed by atoms with van der Waals surface area (Å²) in [4.78, 5) is 21.1. The molecule has 0 aliphatic carbocycles. The third-order valence-electron chi connectivity index (χ3n) is 1.22. The van der Waals surface area contributed by atoms with Crippen LogP contribution >= 0.6 is 0 Å². The Morgan fingerprint density at radius 1 is 1.46 bits per heavy atom. The maximum Gasteiger partial charge on any atom is 0.328 e. The quantitative estimate of drug-likeness (QED) is 0.334. The van der Waals surface area contributed by atoms with Gasteiger partial charge in [-0.25, -0.2) is 9.59 Å². The van der Waals surface area contributed by atoms with Gasteiger partial charge in [0.05, 0.1) is 6.61 Å². The summed E-state index contributed by atoms with van der Waals surface area (Å²) in [7, 11) is 0. The minimum absolute atomic E-state index is 0.254. The van der Waals surface area contributed by atoms with E-state index in [9.17, 15) is 9.59 Å². The van der Waals surface area contributed by atoms with Crippen LogP contribution in [0.3, 0.4) is 0 Å². The minimum atomic E-state index is -1.29. The van der Waals surface area contributed by atoms with Gasteiger partial charge in [-0.05, 0) is 0 Å². The topological polar surface area (TPSA) is 125 Å². The van der Waals surface area contributed by atoms with Crippen molar-refractivity contribution in [2.45, 2.75) is 6.04 Å². The summed E-state index contributed by atoms with van der Waals surface area (Å²) in [5, 5.41) is 21.3. The molecule has 1 atom stereocenters. The summed E-state index contributed by atoms with van der Waals surface area (Å²) in [6, 6.07) is -1.94. The Labute approximate surface area is 74.9 Å². The summed E-state index contributed by atoms with van der Waals surface area (Å²) < 4.78 is 0. The lowest BCUT2D eigenvalue weighted by Gasteiger charge is -2.11. The smallest absolute Gasteiger partial charge is 0.328 e. The van der Waals surface area contributed by atoms with Gasteiger partial charge in [0.1, 0.15) is 0 Å². The summed E-state index contributed by atoms with van der Waals surface area (Å²) in [5.41, 5.74) is 5.09. The molecule has 0 heterocycles. The van der Waals surface area contributed by atoms with Crippen LogP contribution < -0.4 is 16.4 Å². The van der Waals surface area contributed by atoms with E-state index in [1.54, 1.807) is 0 Å². The predicted octanol–water partition coefficient (Wildman–Crippen LogP) is -2.31. The molecule has 0 radical (unpaired) electrons. The van der Waals surface area contributed by atoms with Crippen molar-refractivity contribution in [1.29, 1.82) is 0 Å². The van der Waals surface area contributed by atoms with Gasteiger partial charge in [-0.15, -0.1) is 0 Å². The molecule has 0 aromatic heterocycles. The van der Waals surface area contributed by atoms with Crippen LogP contribution in [0, 0.1) is 0 Å². The number of aliphatic carboxylic acids is 1. The first-order chi connectivity index (χ1) is 6.11. The molecule has 0 aromatic rings. The molecule has 0 aliphatic rings. The van der Waals surface area contributed by atoms with Gasteiger partial charge in [0, 0.05) is 13.1 Å². The Morgan fingerprint density at radius 3 is 2.46 bits per heavy atom. The second-order valence-corrected chi connectivity index (χ2v) is 2.26. The molecular weight excluding hydrogens is 178 g/mol. The highest BCUT2D eigenvalue weighted by Gasteiger charge is 2.17. The Bertz CT molecular complexity index is 185. The number of aliphatic hydroxyl groups excluding tert-OH is 1. The van der Waals surface area contributed by atoms with Gasteiger partial charge in [-0.1, -0.05) is 0 Å². The Balaban J connectivity index is 3.80. The Hall–Kier alpha value is -1.34. The van der Waals surface area contributed by atoms with Crippen molar-refractivity contribution < 1.29 is 19.8 Å². The normalized spacial score (nSPS) is 11.8. The molecule has 6 N–H and O–H groups in total. The second-order valence-electron chi connectivity index (χ2n) is 2.26. The molecule has 7 nitrogen and oxygen atoms in total. The van der Waals surface area contributed by atoms with Crippen molar-refractivity contribution in [1.82, 2.24) is 10.6 Å². The highest BCUT2D eigenvalue weighted by molar-refractivity contribution is 5.82. The van der Waals surface area contributed by atoms with Crippen LogP contribution in [0.15, 0.2) is 0 Å². The van der Waals surface area contributed by atoms with E-state index < -0.39 is 24.6 Å². The van der Waals surface area contributed by atoms with Crippen molar-refractivity contribution >= 4 is 12.0 Å². The maximum atomic E-state index is 10.8. The molecule has 0 saturated carbocycles. The number of aliphatic hydroxyl groups is 1. The molecule has 0 fully saturated rings. The van der Waals surface area contributed by atoms with Gasteiger partial charge >= 0.3 is 12.0 Å². The summed E-state index contributed by atoms with van der Waals surface area (Å²) in [6.45, 7) is -0.126. The number of carboxylic acids is 1. The minimum Gasteiger partial charge on any atom is -0.480 e. The van der Waals surface area contributed by atoms with Crippen molar-refractivity contribution in [3.05, 3.63) is 0 Å². The zero-order valence-corrected chi connectivity index (χ0v) is 6.99. The lowest BCUT2D eigenvalue weighted by molar-refractivity contribution is -0.140. The van der Waals surface area contributed by atoms with Crippen LogP contribution in [0.2, 0.25) is 0 Å². The monoisotopic (exact) mass is 191 g/mol. The van der Waals surface area contributed by atoms with Crippen molar-refractivity contribution in [3.63, 3.8) is 0 Å². The van der Waals surface area contributed by atoms with Gasteiger partial charge in [0.2, 0.25) is 0 Å². The van der Waals surface area contributed by atoms with Crippen LogP contribution in [-0.2, 0) is 4.79 Å². The van der Waals surface area contributed by atoms with Crippen LogP contribution in [0.25, 0.3) is 0 Å². The average molecular weight is 191 g/mol. The first-order valence-electron chi connectivity index (χ1n) is 3.70. The second kappa shape index (κ2) is 6.21. The Morgan fingerprint density at radius 2 is 2.08 bits per heavy atom. The zero-order chi connectivity index (χ0) is 10.3. The zero-order valence-electron chi connectivity index (χ0n) is 6.99. The van der Waals surface area contributed by atoms with E-state index >= 15 is 0 Å². The molecule has 1 unspecified atom stereocenters. The number of hydrogen-bond acceptors (Lipinski definition) is 4. The number of nitrogens with one attached hydrogen (secondary N) is 2. The summed E-state index contributed by atoms with van der Waals surface area (Å²) in [5.74, 6) is -1.29. The van der Waals surface area contributed by atoms with E-state index in [-0.39, 0.29) is 13.1 Å². The number of nitrogens with two attached hydrogens (primary N) is 1. The van der Waals surface area contributed by atoms with Crippen LogP contribution in [-0.4, -0.2) is 48.0 Å². The van der Waals surface area contributed by atoms with E-state index in [0.29, 0.717) is 0 Å². The molecule has 76 valence electrons. The average Bonchev–Trinajstić information content (AvgIpc) is 2.10. The molecule has 7 heteroatoms. The molecule has 0 saturated heterocycles. The van der Waals surface area contributed by atoms with E-state index in [2.05, 4.69) is 5.32 Å². The molecule has 2 amide bonds. The number of rotatable bonds is 5. The molecule has 0 bridgehead atoms. The molecule has 0 aliphatic heterocycles. The van der Waals surface area contributed by atoms with Crippen LogP contribution in [0.1, 0.15) is 0 Å². The van der Waals surface area contributed by atoms with Crippen LogP contribution in [0.5, 0.6) is 0 Å². The first kappa shape index (κ1) is 11.7. The van der Waals surface area contributed by atoms with Gasteiger partial charge in [0.15, 0.2) is 6.04 Å². The van der Waals surface area contributed by atoms with E-state index in [0.717, 1.165) is 0 Å². The number of carbonyl (C=O) groups excluding carboxylic acids is 1. The van der Waals surface area contributed by atoms with Gasteiger partial charge in [-0.2, -0.15) is 0 Å². The maximum absolute atomic E-state index is 10.8. The fraction of sp³-hybridized carbons (Fsp3) is 0.667. The van der Waals surface area contributed by atoms with E-state index in [4.69, 9.17) is 15.9 Å². The lowest BCUT2D eigenvalue weighted by Crippen LogP contribution is -2.48. The highest BCUT2D eigenvalue weighted by Crippen LogP contribution is 1.81. The third kappa shape index (κ3) is 4.99. The largest absolute Gasteiger partial charge is 0.480 e.